The zero-order chi connectivity index (χ0) is 23.9. The zero-order valence-corrected chi connectivity index (χ0v) is 19.0. The Labute approximate surface area is 198 Å². The quantitative estimate of drug-likeness (QED) is 0.207. The van der Waals surface area contributed by atoms with Gasteiger partial charge in [-0.05, 0) is 92.2 Å². The highest BCUT2D eigenvalue weighted by Crippen LogP contribution is 2.18. The largest absolute Gasteiger partial charge is 0.423 e. The minimum atomic E-state index is -0.393. The van der Waals surface area contributed by atoms with Gasteiger partial charge in [-0.25, -0.2) is 4.79 Å². The number of aryl methyl sites for hydroxylation is 2. The fourth-order valence-electron chi connectivity index (χ4n) is 3.17. The van der Waals surface area contributed by atoms with Gasteiger partial charge in [0.15, 0.2) is 0 Å². The van der Waals surface area contributed by atoms with E-state index in [-0.39, 0.29) is 5.91 Å². The molecule has 5 heteroatoms. The molecule has 4 aromatic carbocycles. The molecule has 0 aromatic heterocycles. The van der Waals surface area contributed by atoms with Gasteiger partial charge in [-0.15, -0.1) is 0 Å². The Kier molecular flexibility index (Phi) is 6.94. The van der Waals surface area contributed by atoms with E-state index in [0.29, 0.717) is 22.6 Å². The molecule has 0 aliphatic heterocycles. The highest BCUT2D eigenvalue weighted by Gasteiger charge is 2.08. The Hall–Kier alpha value is -4.51. The Balaban J connectivity index is 1.33. The zero-order valence-electron chi connectivity index (χ0n) is 19.0. The number of nitrogens with one attached hydrogen (secondary N) is 1. The third-order valence-electron chi connectivity index (χ3n) is 5.18. The maximum absolute atomic E-state index is 12.3. The molecule has 0 unspecified atom stereocenters. The van der Waals surface area contributed by atoms with E-state index in [0.717, 1.165) is 22.4 Å². The van der Waals surface area contributed by atoms with Gasteiger partial charge in [0.05, 0.1) is 11.3 Å². The summed E-state index contributed by atoms with van der Waals surface area (Å²) in [5, 5.41) is 2.88. The van der Waals surface area contributed by atoms with Crippen molar-refractivity contribution in [3.8, 4) is 5.75 Å². The summed E-state index contributed by atoms with van der Waals surface area (Å²) in [6.07, 6.45) is 1.73. The Morgan fingerprint density at radius 3 is 1.85 bits per heavy atom. The lowest BCUT2D eigenvalue weighted by atomic mass is 10.1. The SMILES string of the molecule is Cc1ccc(C(=O)Nc2ccc(N=Cc3ccc(OC(=O)c4ccc(C)cc4)cc3)cc2)cc1. The monoisotopic (exact) mass is 448 g/mol. The van der Waals surface area contributed by atoms with E-state index in [1.165, 1.54) is 0 Å². The highest BCUT2D eigenvalue weighted by molar-refractivity contribution is 6.04. The Morgan fingerprint density at radius 2 is 1.26 bits per heavy atom. The van der Waals surface area contributed by atoms with Crippen LogP contribution < -0.4 is 10.1 Å². The number of esters is 1. The molecule has 0 heterocycles. The van der Waals surface area contributed by atoms with Crippen LogP contribution in [0.2, 0.25) is 0 Å². The molecule has 4 aromatic rings. The number of anilines is 1. The minimum absolute atomic E-state index is 0.153. The van der Waals surface area contributed by atoms with E-state index >= 15 is 0 Å². The van der Waals surface area contributed by atoms with Gasteiger partial charge in [-0.2, -0.15) is 0 Å². The van der Waals surface area contributed by atoms with Gasteiger partial charge >= 0.3 is 5.97 Å². The van der Waals surface area contributed by atoms with Gasteiger partial charge in [0.1, 0.15) is 5.75 Å². The van der Waals surface area contributed by atoms with Crippen molar-refractivity contribution in [2.45, 2.75) is 13.8 Å². The van der Waals surface area contributed by atoms with Crippen molar-refractivity contribution in [1.82, 2.24) is 0 Å². The molecule has 0 aliphatic rings. The number of carbonyl (C=O) groups is 2. The number of hydrogen-bond donors (Lipinski definition) is 1. The first-order valence-electron chi connectivity index (χ1n) is 10.9. The van der Waals surface area contributed by atoms with Gasteiger partial charge in [0, 0.05) is 17.5 Å². The molecule has 1 amide bonds. The normalized spacial score (nSPS) is 10.8. The van der Waals surface area contributed by atoms with Gasteiger partial charge < -0.3 is 10.1 Å². The lowest BCUT2D eigenvalue weighted by Crippen LogP contribution is -2.11. The van der Waals surface area contributed by atoms with Crippen LogP contribution in [0.15, 0.2) is 102 Å². The van der Waals surface area contributed by atoms with E-state index < -0.39 is 5.97 Å². The number of aliphatic imine (C=N–C) groups is 1. The number of hydrogen-bond acceptors (Lipinski definition) is 4. The first-order chi connectivity index (χ1) is 16.5. The third kappa shape index (κ3) is 6.04. The van der Waals surface area contributed by atoms with Crippen LogP contribution in [0.25, 0.3) is 0 Å². The molecule has 4 rings (SSSR count). The summed E-state index contributed by atoms with van der Waals surface area (Å²) in [6, 6.07) is 29.1. The van der Waals surface area contributed by atoms with Crippen molar-refractivity contribution in [2.24, 2.45) is 4.99 Å². The van der Waals surface area contributed by atoms with Crippen LogP contribution >= 0.6 is 0 Å². The van der Waals surface area contributed by atoms with Crippen LogP contribution in [0.4, 0.5) is 11.4 Å². The fraction of sp³-hybridized carbons (Fsp3) is 0.0690. The molecule has 1 N–H and O–H groups in total. The van der Waals surface area contributed by atoms with Crippen molar-refractivity contribution in [3.05, 3.63) is 125 Å². The number of ether oxygens (including phenoxy) is 1. The number of amides is 1. The van der Waals surface area contributed by atoms with Gasteiger partial charge in [0.2, 0.25) is 0 Å². The number of carbonyl (C=O) groups excluding carboxylic acids is 2. The van der Waals surface area contributed by atoms with Crippen LogP contribution in [-0.4, -0.2) is 18.1 Å². The van der Waals surface area contributed by atoms with Crippen molar-refractivity contribution in [3.63, 3.8) is 0 Å². The number of rotatable bonds is 6. The average Bonchev–Trinajstić information content (AvgIpc) is 2.85. The van der Waals surface area contributed by atoms with Crippen molar-refractivity contribution < 1.29 is 14.3 Å². The molecule has 0 radical (unpaired) electrons. The maximum Gasteiger partial charge on any atom is 0.343 e. The molecule has 34 heavy (non-hydrogen) atoms. The summed E-state index contributed by atoms with van der Waals surface area (Å²) < 4.78 is 5.42. The number of benzene rings is 4. The van der Waals surface area contributed by atoms with Crippen LogP contribution in [0.1, 0.15) is 37.4 Å². The topological polar surface area (TPSA) is 67.8 Å². The van der Waals surface area contributed by atoms with Gasteiger partial charge in [-0.3, -0.25) is 9.79 Å². The van der Waals surface area contributed by atoms with Crippen molar-refractivity contribution >= 4 is 29.5 Å². The summed E-state index contributed by atoms with van der Waals surface area (Å²) in [6.45, 7) is 3.95. The van der Waals surface area contributed by atoms with E-state index in [1.807, 2.05) is 74.5 Å². The predicted molar refractivity (Wildman–Crippen MR) is 135 cm³/mol. The molecule has 0 fully saturated rings. The van der Waals surface area contributed by atoms with Crippen molar-refractivity contribution in [2.75, 3.05) is 5.32 Å². The minimum Gasteiger partial charge on any atom is -0.423 e. The first kappa shape index (κ1) is 22.7. The van der Waals surface area contributed by atoms with Crippen LogP contribution in [0.5, 0.6) is 5.75 Å². The lowest BCUT2D eigenvalue weighted by molar-refractivity contribution is 0.0734. The second-order valence-corrected chi connectivity index (χ2v) is 7.95. The van der Waals surface area contributed by atoms with E-state index in [1.54, 1.807) is 42.6 Å². The Morgan fingerprint density at radius 1 is 0.706 bits per heavy atom. The fourth-order valence-corrected chi connectivity index (χ4v) is 3.17. The maximum atomic E-state index is 12.3. The molecule has 0 saturated carbocycles. The first-order valence-corrected chi connectivity index (χ1v) is 10.9. The van der Waals surface area contributed by atoms with E-state index in [9.17, 15) is 9.59 Å². The molecule has 0 saturated heterocycles. The smallest absolute Gasteiger partial charge is 0.343 e. The predicted octanol–water partition coefficient (Wildman–Crippen LogP) is 6.53. The molecule has 0 aliphatic carbocycles. The lowest BCUT2D eigenvalue weighted by Gasteiger charge is -2.06. The number of nitrogens with zero attached hydrogens (tertiary/aromatic N) is 1. The van der Waals surface area contributed by atoms with Crippen LogP contribution in [0, 0.1) is 13.8 Å². The molecule has 168 valence electrons. The van der Waals surface area contributed by atoms with Gasteiger partial charge in [0.25, 0.3) is 5.91 Å². The molecular formula is C29H24N2O3. The standard InChI is InChI=1S/C29H24N2O3/c1-20-3-9-23(10-4-20)28(32)31-26-15-13-25(14-16-26)30-19-22-7-17-27(18-8-22)34-29(33)24-11-5-21(2)6-12-24/h3-19H,1-2H3,(H,31,32). The molecule has 0 atom stereocenters. The summed E-state index contributed by atoms with van der Waals surface area (Å²) in [5.74, 6) is -0.0770. The summed E-state index contributed by atoms with van der Waals surface area (Å²) in [7, 11) is 0. The van der Waals surface area contributed by atoms with Crippen LogP contribution in [-0.2, 0) is 0 Å². The summed E-state index contributed by atoms with van der Waals surface area (Å²) >= 11 is 0. The molecular weight excluding hydrogens is 424 g/mol. The third-order valence-corrected chi connectivity index (χ3v) is 5.18. The summed E-state index contributed by atoms with van der Waals surface area (Å²) in [4.78, 5) is 29.0. The molecule has 0 spiro atoms. The van der Waals surface area contributed by atoms with Gasteiger partial charge in [-0.1, -0.05) is 35.4 Å². The molecule has 5 nitrogen and oxygen atoms in total. The van der Waals surface area contributed by atoms with E-state index in [2.05, 4.69) is 10.3 Å². The van der Waals surface area contributed by atoms with Crippen LogP contribution in [0.3, 0.4) is 0 Å². The van der Waals surface area contributed by atoms with Crippen molar-refractivity contribution in [1.29, 1.82) is 0 Å². The summed E-state index contributed by atoms with van der Waals surface area (Å²) in [5.41, 5.74) is 5.63. The highest BCUT2D eigenvalue weighted by atomic mass is 16.5. The Bertz CT molecular complexity index is 1200. The molecule has 0 bridgehead atoms. The van der Waals surface area contributed by atoms with E-state index in [4.69, 9.17) is 4.74 Å². The average molecular weight is 449 g/mol. The second kappa shape index (κ2) is 10.4. The second-order valence-electron chi connectivity index (χ2n) is 7.95.